The van der Waals surface area contributed by atoms with Crippen LogP contribution in [-0.4, -0.2) is 11.7 Å². The van der Waals surface area contributed by atoms with E-state index >= 15 is 0 Å². The van der Waals surface area contributed by atoms with Crippen LogP contribution >= 0.6 is 0 Å². The third-order valence-corrected chi connectivity index (χ3v) is 9.17. The molecular weight excluding hydrogens is 562 g/mol. The SMILES string of the molecule is CC1(C)c2ccccc2-c2cccc(C(N)=NC(=NCc3cccc(-c4ccccc4)c3)c3cccc4oc5ccccc5c34)c21. The van der Waals surface area contributed by atoms with Gasteiger partial charge in [0.25, 0.3) is 0 Å². The second kappa shape index (κ2) is 11.0. The predicted octanol–water partition coefficient (Wildman–Crippen LogP) is 9.91. The van der Waals surface area contributed by atoms with Crippen LogP contribution in [0.3, 0.4) is 0 Å². The summed E-state index contributed by atoms with van der Waals surface area (Å²) in [4.78, 5) is 10.3. The van der Waals surface area contributed by atoms with Gasteiger partial charge in [-0.05, 0) is 57.1 Å². The Morgan fingerprint density at radius 3 is 2.22 bits per heavy atom. The molecule has 4 heteroatoms. The van der Waals surface area contributed by atoms with Crippen molar-refractivity contribution in [3.8, 4) is 22.3 Å². The van der Waals surface area contributed by atoms with Crippen molar-refractivity contribution in [2.75, 3.05) is 0 Å². The lowest BCUT2D eigenvalue weighted by Crippen LogP contribution is -2.24. The van der Waals surface area contributed by atoms with Gasteiger partial charge in [-0.1, -0.05) is 135 Å². The van der Waals surface area contributed by atoms with E-state index in [9.17, 15) is 0 Å². The number of benzene rings is 6. The van der Waals surface area contributed by atoms with Crippen molar-refractivity contribution in [2.45, 2.75) is 25.8 Å². The zero-order valence-electron chi connectivity index (χ0n) is 25.9. The van der Waals surface area contributed by atoms with Crippen molar-refractivity contribution in [3.05, 3.63) is 167 Å². The molecular formula is C42H33N3O. The van der Waals surface area contributed by atoms with E-state index in [4.69, 9.17) is 20.1 Å². The molecule has 0 aliphatic heterocycles. The number of hydrogen-bond acceptors (Lipinski definition) is 2. The quantitative estimate of drug-likeness (QED) is 0.159. The molecule has 222 valence electrons. The number of nitrogens with two attached hydrogens (primary N) is 1. The van der Waals surface area contributed by atoms with Crippen molar-refractivity contribution >= 4 is 33.6 Å². The molecule has 0 radical (unpaired) electrons. The average molecular weight is 596 g/mol. The maximum atomic E-state index is 7.01. The van der Waals surface area contributed by atoms with Crippen LogP contribution in [0.5, 0.6) is 0 Å². The van der Waals surface area contributed by atoms with Gasteiger partial charge in [-0.3, -0.25) is 4.99 Å². The lowest BCUT2D eigenvalue weighted by atomic mass is 9.80. The monoisotopic (exact) mass is 595 g/mol. The fourth-order valence-electron chi connectivity index (χ4n) is 7.02. The molecule has 1 heterocycles. The first kappa shape index (κ1) is 27.8. The minimum Gasteiger partial charge on any atom is -0.456 e. The molecule has 0 spiro atoms. The van der Waals surface area contributed by atoms with Gasteiger partial charge in [0.15, 0.2) is 5.84 Å². The normalized spacial score (nSPS) is 14.0. The van der Waals surface area contributed by atoms with E-state index in [1.807, 2.05) is 36.4 Å². The topological polar surface area (TPSA) is 63.9 Å². The predicted molar refractivity (Wildman–Crippen MR) is 191 cm³/mol. The highest BCUT2D eigenvalue weighted by Crippen LogP contribution is 2.49. The van der Waals surface area contributed by atoms with Gasteiger partial charge in [0, 0.05) is 27.3 Å². The molecule has 0 bridgehead atoms. The molecule has 7 aromatic rings. The fraction of sp³-hybridized carbons (Fsp3) is 0.0952. The van der Waals surface area contributed by atoms with Crippen LogP contribution in [0.15, 0.2) is 154 Å². The van der Waals surface area contributed by atoms with Crippen LogP contribution in [0, 0.1) is 0 Å². The van der Waals surface area contributed by atoms with E-state index in [0.717, 1.165) is 44.2 Å². The summed E-state index contributed by atoms with van der Waals surface area (Å²) in [7, 11) is 0. The molecule has 6 aromatic carbocycles. The Hall–Kier alpha value is -5.74. The number of fused-ring (bicyclic) bond motifs is 6. The lowest BCUT2D eigenvalue weighted by molar-refractivity contribution is 0.659. The molecule has 1 aromatic heterocycles. The number of amidine groups is 2. The van der Waals surface area contributed by atoms with E-state index in [1.165, 1.54) is 27.8 Å². The smallest absolute Gasteiger partial charge is 0.158 e. The number of para-hydroxylation sites is 1. The zero-order chi connectivity index (χ0) is 31.3. The number of furan rings is 1. The third-order valence-electron chi connectivity index (χ3n) is 9.17. The van der Waals surface area contributed by atoms with E-state index in [0.29, 0.717) is 18.2 Å². The molecule has 0 saturated heterocycles. The Kier molecular flexibility index (Phi) is 6.65. The summed E-state index contributed by atoms with van der Waals surface area (Å²) in [6, 6.07) is 48.1. The first-order valence-electron chi connectivity index (χ1n) is 15.7. The molecule has 0 saturated carbocycles. The van der Waals surface area contributed by atoms with Crippen molar-refractivity contribution in [3.63, 3.8) is 0 Å². The van der Waals surface area contributed by atoms with Gasteiger partial charge in [0.05, 0.1) is 6.54 Å². The summed E-state index contributed by atoms with van der Waals surface area (Å²) < 4.78 is 6.25. The van der Waals surface area contributed by atoms with Crippen LogP contribution in [-0.2, 0) is 12.0 Å². The van der Waals surface area contributed by atoms with Crippen LogP contribution in [0.1, 0.15) is 41.7 Å². The van der Waals surface area contributed by atoms with Crippen LogP contribution in [0.25, 0.3) is 44.2 Å². The number of hydrogen-bond donors (Lipinski definition) is 1. The Labute approximate surface area is 268 Å². The van der Waals surface area contributed by atoms with Gasteiger partial charge >= 0.3 is 0 Å². The number of nitrogens with zero attached hydrogens (tertiary/aromatic N) is 2. The average Bonchev–Trinajstić information content (AvgIpc) is 3.60. The van der Waals surface area contributed by atoms with Crippen molar-refractivity contribution in [1.82, 2.24) is 0 Å². The highest BCUT2D eigenvalue weighted by molar-refractivity contribution is 6.21. The van der Waals surface area contributed by atoms with Crippen LogP contribution in [0.2, 0.25) is 0 Å². The largest absolute Gasteiger partial charge is 0.456 e. The molecule has 2 N–H and O–H groups in total. The first-order chi connectivity index (χ1) is 22.5. The highest BCUT2D eigenvalue weighted by Gasteiger charge is 2.37. The first-order valence-corrected chi connectivity index (χ1v) is 15.7. The summed E-state index contributed by atoms with van der Waals surface area (Å²) in [5.41, 5.74) is 18.6. The molecule has 1 aliphatic carbocycles. The summed E-state index contributed by atoms with van der Waals surface area (Å²) in [6.07, 6.45) is 0. The fourth-order valence-corrected chi connectivity index (χ4v) is 7.02. The molecule has 4 nitrogen and oxygen atoms in total. The Balaban J connectivity index is 1.29. The van der Waals surface area contributed by atoms with Crippen molar-refractivity contribution in [1.29, 1.82) is 0 Å². The molecule has 46 heavy (non-hydrogen) atoms. The van der Waals surface area contributed by atoms with E-state index in [-0.39, 0.29) is 5.41 Å². The minimum absolute atomic E-state index is 0.224. The highest BCUT2D eigenvalue weighted by atomic mass is 16.3. The molecule has 0 atom stereocenters. The minimum atomic E-state index is -0.224. The summed E-state index contributed by atoms with van der Waals surface area (Å²) in [6.45, 7) is 4.98. The maximum Gasteiger partial charge on any atom is 0.158 e. The summed E-state index contributed by atoms with van der Waals surface area (Å²) in [5, 5.41) is 2.01. The number of aliphatic imine (C=N–C) groups is 2. The molecule has 1 aliphatic rings. The van der Waals surface area contributed by atoms with Crippen molar-refractivity contribution in [2.24, 2.45) is 15.7 Å². The standard InChI is InChI=1S/C42H33N3O/c1-42(2)35-22-8-6-17-30(35)31-19-11-21-34(39(31)42)40(43)45-41(33-20-12-24-37-38(33)32-18-7-9-23-36(32)46-37)44-26-27-13-10-16-29(25-27)28-14-4-3-5-15-28/h3-25H,26H2,1-2H3,(H2,43,44,45). The molecule has 0 unspecified atom stereocenters. The van der Waals surface area contributed by atoms with Crippen molar-refractivity contribution < 1.29 is 4.42 Å². The lowest BCUT2D eigenvalue weighted by Gasteiger charge is -2.24. The Bertz CT molecular complexity index is 2330. The second-order valence-corrected chi connectivity index (χ2v) is 12.4. The van der Waals surface area contributed by atoms with E-state index in [2.05, 4.69) is 117 Å². The van der Waals surface area contributed by atoms with Crippen LogP contribution < -0.4 is 5.73 Å². The molecule has 8 rings (SSSR count). The second-order valence-electron chi connectivity index (χ2n) is 12.4. The molecule has 0 amide bonds. The third kappa shape index (κ3) is 4.62. The van der Waals surface area contributed by atoms with Gasteiger partial charge in [-0.25, -0.2) is 4.99 Å². The Morgan fingerprint density at radius 2 is 1.33 bits per heavy atom. The van der Waals surface area contributed by atoms with Crippen LogP contribution in [0.4, 0.5) is 0 Å². The van der Waals surface area contributed by atoms with E-state index < -0.39 is 0 Å². The van der Waals surface area contributed by atoms with Gasteiger partial charge < -0.3 is 10.2 Å². The van der Waals surface area contributed by atoms with Gasteiger partial charge in [-0.2, -0.15) is 0 Å². The maximum absolute atomic E-state index is 7.01. The zero-order valence-corrected chi connectivity index (χ0v) is 25.9. The van der Waals surface area contributed by atoms with Gasteiger partial charge in [-0.15, -0.1) is 0 Å². The van der Waals surface area contributed by atoms with Gasteiger partial charge in [0.2, 0.25) is 0 Å². The summed E-state index contributed by atoms with van der Waals surface area (Å²) >= 11 is 0. The molecule has 0 fully saturated rings. The summed E-state index contributed by atoms with van der Waals surface area (Å²) in [5.74, 6) is 1.02. The van der Waals surface area contributed by atoms with E-state index in [1.54, 1.807) is 0 Å². The van der Waals surface area contributed by atoms with Gasteiger partial charge in [0.1, 0.15) is 17.0 Å². The number of rotatable bonds is 5. The Morgan fingerprint density at radius 1 is 0.652 bits per heavy atom.